The van der Waals surface area contributed by atoms with Crippen LogP contribution in [0.1, 0.15) is 10.4 Å². The van der Waals surface area contributed by atoms with E-state index in [1.807, 2.05) is 0 Å². The molecule has 0 saturated carbocycles. The number of hydrogen-bond donors (Lipinski definition) is 2. The third kappa shape index (κ3) is 4.51. The average Bonchev–Trinajstić information content (AvgIpc) is 2.48. The van der Waals surface area contributed by atoms with E-state index in [0.29, 0.717) is 0 Å². The average molecular weight is 335 g/mol. The maximum Gasteiger partial charge on any atom is 0.270 e. The summed E-state index contributed by atoms with van der Waals surface area (Å²) in [4.78, 5) is 22.3. The van der Waals surface area contributed by atoms with Crippen molar-refractivity contribution in [2.75, 3.05) is 16.3 Å². The zero-order valence-electron chi connectivity index (χ0n) is 12.0. The normalized spacial score (nSPS) is 10.8. The zero-order valence-corrected chi connectivity index (χ0v) is 12.8. The van der Waals surface area contributed by atoms with Crippen molar-refractivity contribution in [3.05, 3.63) is 64.2 Å². The number of non-ortho nitro benzene ring substituents is 1. The first-order valence-electron chi connectivity index (χ1n) is 6.39. The number of para-hydroxylation sites is 2. The van der Waals surface area contributed by atoms with Crippen LogP contribution < -0.4 is 10.0 Å². The van der Waals surface area contributed by atoms with Crippen molar-refractivity contribution in [3.63, 3.8) is 0 Å². The molecule has 0 aromatic heterocycles. The molecule has 2 aromatic rings. The van der Waals surface area contributed by atoms with Crippen LogP contribution in [0.15, 0.2) is 48.5 Å². The number of carbonyl (C=O) groups excluding carboxylic acids is 1. The number of nitro groups is 1. The first-order chi connectivity index (χ1) is 10.8. The minimum atomic E-state index is -3.51. The monoisotopic (exact) mass is 335 g/mol. The van der Waals surface area contributed by atoms with Crippen LogP contribution >= 0.6 is 0 Å². The molecule has 0 radical (unpaired) electrons. The Kier molecular flexibility index (Phi) is 4.60. The predicted molar refractivity (Wildman–Crippen MR) is 86.0 cm³/mol. The Labute approximate surface area is 132 Å². The number of sulfonamides is 1. The van der Waals surface area contributed by atoms with Gasteiger partial charge in [-0.2, -0.15) is 0 Å². The van der Waals surface area contributed by atoms with Gasteiger partial charge in [0.25, 0.3) is 11.6 Å². The highest BCUT2D eigenvalue weighted by Crippen LogP contribution is 2.23. The molecule has 8 nitrogen and oxygen atoms in total. The van der Waals surface area contributed by atoms with E-state index in [-0.39, 0.29) is 22.6 Å². The molecule has 23 heavy (non-hydrogen) atoms. The summed E-state index contributed by atoms with van der Waals surface area (Å²) in [5.74, 6) is -0.587. The number of carbonyl (C=O) groups is 1. The van der Waals surface area contributed by atoms with Gasteiger partial charge in [0.2, 0.25) is 10.0 Å². The molecule has 0 aliphatic carbocycles. The number of nitro benzene ring substituents is 1. The number of benzene rings is 2. The van der Waals surface area contributed by atoms with Gasteiger partial charge in [-0.1, -0.05) is 18.2 Å². The SMILES string of the molecule is CS(=O)(=O)Nc1ccccc1NC(=O)c1cccc([N+](=O)[O-])c1. The molecule has 0 aliphatic heterocycles. The Bertz CT molecular complexity index is 864. The molecule has 9 heteroatoms. The fourth-order valence-corrected chi connectivity index (χ4v) is 2.41. The lowest BCUT2D eigenvalue weighted by Gasteiger charge is -2.11. The summed E-state index contributed by atoms with van der Waals surface area (Å²) >= 11 is 0. The number of hydrogen-bond acceptors (Lipinski definition) is 5. The molecule has 2 rings (SSSR count). The molecule has 2 N–H and O–H groups in total. The van der Waals surface area contributed by atoms with Crippen molar-refractivity contribution in [3.8, 4) is 0 Å². The Hall–Kier alpha value is -2.94. The second-order valence-electron chi connectivity index (χ2n) is 4.68. The van der Waals surface area contributed by atoms with Crippen LogP contribution in [0, 0.1) is 10.1 Å². The zero-order chi connectivity index (χ0) is 17.0. The van der Waals surface area contributed by atoms with Crippen LogP contribution in [0.5, 0.6) is 0 Å². The van der Waals surface area contributed by atoms with Gasteiger partial charge in [0.15, 0.2) is 0 Å². The summed E-state index contributed by atoms with van der Waals surface area (Å²) in [5.41, 5.74) is 0.330. The van der Waals surface area contributed by atoms with E-state index in [1.165, 1.54) is 30.3 Å². The molecule has 0 aliphatic rings. The predicted octanol–water partition coefficient (Wildman–Crippen LogP) is 2.22. The summed E-state index contributed by atoms with van der Waals surface area (Å²) in [6, 6.07) is 11.5. The Morgan fingerprint density at radius 1 is 1.09 bits per heavy atom. The van der Waals surface area contributed by atoms with Crippen molar-refractivity contribution in [1.82, 2.24) is 0 Å². The summed E-state index contributed by atoms with van der Waals surface area (Å²) < 4.78 is 24.9. The lowest BCUT2D eigenvalue weighted by atomic mass is 10.2. The van der Waals surface area contributed by atoms with Gasteiger partial charge >= 0.3 is 0 Å². The summed E-state index contributed by atoms with van der Waals surface area (Å²) in [6.07, 6.45) is 0.992. The van der Waals surface area contributed by atoms with E-state index in [2.05, 4.69) is 10.0 Å². The van der Waals surface area contributed by atoms with Gasteiger partial charge in [-0.25, -0.2) is 8.42 Å². The van der Waals surface area contributed by atoms with E-state index in [1.54, 1.807) is 12.1 Å². The van der Waals surface area contributed by atoms with Gasteiger partial charge in [0, 0.05) is 17.7 Å². The third-order valence-electron chi connectivity index (χ3n) is 2.79. The van der Waals surface area contributed by atoms with Crippen LogP contribution in [-0.2, 0) is 10.0 Å². The highest BCUT2D eigenvalue weighted by atomic mass is 32.2. The van der Waals surface area contributed by atoms with Gasteiger partial charge in [-0.05, 0) is 18.2 Å². The summed E-state index contributed by atoms with van der Waals surface area (Å²) in [6.45, 7) is 0. The molecule has 0 spiro atoms. The molecular formula is C14H13N3O5S. The largest absolute Gasteiger partial charge is 0.320 e. The highest BCUT2D eigenvalue weighted by Gasteiger charge is 2.14. The van der Waals surface area contributed by atoms with Gasteiger partial charge in [0.1, 0.15) is 0 Å². The second kappa shape index (κ2) is 6.44. The van der Waals surface area contributed by atoms with Crippen LogP contribution in [0.4, 0.5) is 17.1 Å². The molecule has 0 heterocycles. The molecular weight excluding hydrogens is 322 g/mol. The minimum absolute atomic E-state index is 0.0911. The number of nitrogens with zero attached hydrogens (tertiary/aromatic N) is 1. The van der Waals surface area contributed by atoms with E-state index < -0.39 is 20.9 Å². The van der Waals surface area contributed by atoms with E-state index >= 15 is 0 Å². The molecule has 0 bridgehead atoms. The van der Waals surface area contributed by atoms with E-state index in [9.17, 15) is 23.3 Å². The maximum absolute atomic E-state index is 12.2. The van der Waals surface area contributed by atoms with Crippen molar-refractivity contribution in [2.45, 2.75) is 0 Å². The van der Waals surface area contributed by atoms with Gasteiger partial charge < -0.3 is 5.32 Å². The fourth-order valence-electron chi connectivity index (χ4n) is 1.84. The summed E-state index contributed by atoms with van der Waals surface area (Å²) in [5, 5.41) is 13.3. The van der Waals surface area contributed by atoms with Gasteiger partial charge in [-0.15, -0.1) is 0 Å². The van der Waals surface area contributed by atoms with E-state index in [0.717, 1.165) is 12.3 Å². The molecule has 120 valence electrons. The van der Waals surface area contributed by atoms with Crippen LogP contribution in [0.25, 0.3) is 0 Å². The van der Waals surface area contributed by atoms with Gasteiger partial charge in [0.05, 0.1) is 22.6 Å². The van der Waals surface area contributed by atoms with Crippen molar-refractivity contribution < 1.29 is 18.1 Å². The molecule has 1 amide bonds. The van der Waals surface area contributed by atoms with Crippen molar-refractivity contribution in [1.29, 1.82) is 0 Å². The smallest absolute Gasteiger partial charge is 0.270 e. The highest BCUT2D eigenvalue weighted by molar-refractivity contribution is 7.92. The van der Waals surface area contributed by atoms with Crippen LogP contribution in [0.2, 0.25) is 0 Å². The summed E-state index contributed by atoms with van der Waals surface area (Å²) in [7, 11) is -3.51. The molecule has 0 saturated heterocycles. The molecule has 0 fully saturated rings. The van der Waals surface area contributed by atoms with Crippen molar-refractivity contribution >= 4 is 33.0 Å². The lowest BCUT2D eigenvalue weighted by Crippen LogP contribution is -2.16. The molecule has 0 atom stereocenters. The first-order valence-corrected chi connectivity index (χ1v) is 8.28. The van der Waals surface area contributed by atoms with Crippen molar-refractivity contribution in [2.24, 2.45) is 0 Å². The molecule has 0 unspecified atom stereocenters. The van der Waals surface area contributed by atoms with Gasteiger partial charge in [-0.3, -0.25) is 19.6 Å². The lowest BCUT2D eigenvalue weighted by molar-refractivity contribution is -0.384. The topological polar surface area (TPSA) is 118 Å². The quantitative estimate of drug-likeness (QED) is 0.641. The Morgan fingerprint density at radius 2 is 1.74 bits per heavy atom. The van der Waals surface area contributed by atoms with Crippen LogP contribution in [0.3, 0.4) is 0 Å². The number of amides is 1. The number of rotatable bonds is 5. The third-order valence-corrected chi connectivity index (χ3v) is 3.38. The minimum Gasteiger partial charge on any atom is -0.320 e. The number of nitrogens with one attached hydrogen (secondary N) is 2. The fraction of sp³-hybridized carbons (Fsp3) is 0.0714. The first kappa shape index (κ1) is 16.4. The maximum atomic E-state index is 12.2. The van der Waals surface area contributed by atoms with E-state index in [4.69, 9.17) is 0 Å². The Morgan fingerprint density at radius 3 is 2.35 bits per heavy atom. The number of anilines is 2. The molecule has 2 aromatic carbocycles. The Balaban J connectivity index is 2.27. The standard InChI is InChI=1S/C14H13N3O5S/c1-23(21,22)16-13-8-3-2-7-12(13)15-14(18)10-5-4-6-11(9-10)17(19)20/h2-9,16H,1H3,(H,15,18). The van der Waals surface area contributed by atoms with Crippen LogP contribution in [-0.4, -0.2) is 25.5 Å². The second-order valence-corrected chi connectivity index (χ2v) is 6.43.